The Morgan fingerprint density at radius 1 is 1.33 bits per heavy atom. The highest BCUT2D eigenvalue weighted by molar-refractivity contribution is 6.31. The summed E-state index contributed by atoms with van der Waals surface area (Å²) >= 11 is 0. The lowest BCUT2D eigenvalue weighted by atomic mass is 10.1. The van der Waals surface area contributed by atoms with Gasteiger partial charge in [-0.1, -0.05) is 0 Å². The minimum atomic E-state index is -4.40. The van der Waals surface area contributed by atoms with Crippen LogP contribution in [0.5, 0.6) is 0 Å². The number of halogens is 3. The van der Waals surface area contributed by atoms with Crippen LogP contribution in [-0.4, -0.2) is 15.4 Å². The summed E-state index contributed by atoms with van der Waals surface area (Å²) in [5.41, 5.74) is -0.502. The summed E-state index contributed by atoms with van der Waals surface area (Å²) in [5.74, 6) is -0.382. The normalized spacial score (nSPS) is 14.7. The van der Waals surface area contributed by atoms with Crippen molar-refractivity contribution >= 4 is 21.1 Å². The fourth-order valence-corrected chi connectivity index (χ4v) is 1.80. The number of carbonyl (C=O) groups excluding carboxylic acids is 1. The Morgan fingerprint density at radius 3 is 2.73 bits per heavy atom. The highest BCUT2D eigenvalue weighted by Crippen LogP contribution is 2.33. The van der Waals surface area contributed by atoms with Gasteiger partial charge in [0.2, 0.25) is 0 Å². The average molecular weight is 229 g/mol. The first-order valence-corrected chi connectivity index (χ1v) is 4.90. The summed E-state index contributed by atoms with van der Waals surface area (Å²) in [6.45, 7) is 0. The third kappa shape index (κ3) is 1.82. The first kappa shape index (κ1) is 10.0. The topological polar surface area (TPSA) is 41.5 Å². The molecule has 0 aliphatic carbocycles. The molecule has 0 unspecified atom stereocenters. The maximum Gasteiger partial charge on any atom is 0.416 e. The van der Waals surface area contributed by atoms with Gasteiger partial charge in [0.25, 0.3) is 15.4 Å². The van der Waals surface area contributed by atoms with Gasteiger partial charge in [-0.25, -0.2) is 0 Å². The van der Waals surface area contributed by atoms with Crippen LogP contribution in [0.2, 0.25) is 0 Å². The molecule has 7 heteroatoms. The second kappa shape index (κ2) is 3.26. The molecule has 1 heterocycles. The third-order valence-corrected chi connectivity index (χ3v) is 2.61. The molecule has 1 amide bonds. The second-order valence-electron chi connectivity index (χ2n) is 2.91. The number of alkyl halides is 3. The van der Waals surface area contributed by atoms with E-state index >= 15 is 0 Å². The lowest BCUT2D eigenvalue weighted by molar-refractivity contribution is -0.137. The molecule has 0 bridgehead atoms. The molecular formula is C8H4F3N2OSi. The van der Waals surface area contributed by atoms with E-state index in [1.54, 1.807) is 0 Å². The largest absolute Gasteiger partial charge is 0.416 e. The SMILES string of the molecule is O=C1N[Si]=Nc2cc(C(F)(F)F)ccc21. The number of amides is 1. The molecule has 0 saturated carbocycles. The molecule has 1 aliphatic rings. The standard InChI is InChI=1S/C8H4F3N2OSi/c9-8(10,11)4-1-2-5-6(3-4)12-15-13-7(5)14/h1-3H,(H,13,14). The van der Waals surface area contributed by atoms with Crippen molar-refractivity contribution in [2.75, 3.05) is 0 Å². The third-order valence-electron chi connectivity index (χ3n) is 1.92. The van der Waals surface area contributed by atoms with E-state index in [1.165, 1.54) is 0 Å². The zero-order valence-electron chi connectivity index (χ0n) is 7.22. The number of benzene rings is 1. The second-order valence-corrected chi connectivity index (χ2v) is 3.60. The van der Waals surface area contributed by atoms with Gasteiger partial charge in [0, 0.05) is 0 Å². The molecule has 1 N–H and O–H groups in total. The van der Waals surface area contributed by atoms with Crippen LogP contribution < -0.4 is 4.98 Å². The molecule has 2 rings (SSSR count). The van der Waals surface area contributed by atoms with Crippen molar-refractivity contribution in [1.29, 1.82) is 0 Å². The molecule has 0 spiro atoms. The van der Waals surface area contributed by atoms with Crippen LogP contribution in [0.4, 0.5) is 18.9 Å². The quantitative estimate of drug-likeness (QED) is 0.678. The van der Waals surface area contributed by atoms with Gasteiger partial charge in [0.1, 0.15) is 0 Å². The lowest BCUT2D eigenvalue weighted by Gasteiger charge is -2.12. The van der Waals surface area contributed by atoms with Crippen molar-refractivity contribution in [1.82, 2.24) is 4.98 Å². The van der Waals surface area contributed by atoms with E-state index in [-0.39, 0.29) is 26.6 Å². The van der Waals surface area contributed by atoms with Gasteiger partial charge in [0.05, 0.1) is 16.8 Å². The first-order chi connectivity index (χ1) is 6.98. The van der Waals surface area contributed by atoms with Gasteiger partial charge in [-0.3, -0.25) is 9.43 Å². The highest BCUT2D eigenvalue weighted by Gasteiger charge is 2.31. The summed E-state index contributed by atoms with van der Waals surface area (Å²) in [4.78, 5) is 13.6. The maximum absolute atomic E-state index is 12.3. The Morgan fingerprint density at radius 2 is 2.07 bits per heavy atom. The van der Waals surface area contributed by atoms with E-state index in [9.17, 15) is 18.0 Å². The van der Waals surface area contributed by atoms with Crippen molar-refractivity contribution in [2.24, 2.45) is 4.63 Å². The minimum Gasteiger partial charge on any atom is -0.342 e. The van der Waals surface area contributed by atoms with Crippen LogP contribution in [0.1, 0.15) is 15.9 Å². The molecule has 1 radical (unpaired) electrons. The number of nitrogens with one attached hydrogen (secondary N) is 1. The Bertz CT molecular complexity index is 456. The van der Waals surface area contributed by atoms with Crippen molar-refractivity contribution < 1.29 is 18.0 Å². The van der Waals surface area contributed by atoms with Crippen LogP contribution in [-0.2, 0) is 6.18 Å². The van der Waals surface area contributed by atoms with E-state index in [0.717, 1.165) is 18.2 Å². The Hall–Kier alpha value is -1.50. The van der Waals surface area contributed by atoms with Crippen LogP contribution >= 0.6 is 0 Å². The van der Waals surface area contributed by atoms with E-state index in [0.29, 0.717) is 0 Å². The predicted molar refractivity (Wildman–Crippen MR) is 46.8 cm³/mol. The number of rotatable bonds is 0. The summed E-state index contributed by atoms with van der Waals surface area (Å²) in [7, 11) is -0.213. The van der Waals surface area contributed by atoms with Crippen molar-refractivity contribution in [2.45, 2.75) is 6.18 Å². The van der Waals surface area contributed by atoms with Gasteiger partial charge in [-0.2, -0.15) is 13.2 Å². The summed E-state index contributed by atoms with van der Waals surface area (Å²) in [5, 5.41) is 0. The zero-order valence-corrected chi connectivity index (χ0v) is 8.22. The molecular weight excluding hydrogens is 225 g/mol. The summed E-state index contributed by atoms with van der Waals surface area (Å²) in [6.07, 6.45) is -4.40. The van der Waals surface area contributed by atoms with Gasteiger partial charge in [-0.05, 0) is 18.2 Å². The van der Waals surface area contributed by atoms with Crippen molar-refractivity contribution in [3.63, 3.8) is 0 Å². The van der Waals surface area contributed by atoms with Crippen LogP contribution in [0.25, 0.3) is 0 Å². The fourth-order valence-electron chi connectivity index (χ4n) is 1.20. The van der Waals surface area contributed by atoms with E-state index in [1.807, 2.05) is 0 Å². The molecule has 1 aliphatic heterocycles. The lowest BCUT2D eigenvalue weighted by Crippen LogP contribution is -2.26. The highest BCUT2D eigenvalue weighted by atomic mass is 28.2. The Labute approximate surface area is 84.9 Å². The number of nitrogens with zero attached hydrogens (tertiary/aromatic N) is 1. The average Bonchev–Trinajstić information content (AvgIpc) is 2.16. The fraction of sp³-hybridized carbons (Fsp3) is 0.125. The summed E-state index contributed by atoms with van der Waals surface area (Å²) < 4.78 is 40.8. The smallest absolute Gasteiger partial charge is 0.342 e. The monoisotopic (exact) mass is 229 g/mol. The Kier molecular flexibility index (Phi) is 2.18. The first-order valence-electron chi connectivity index (χ1n) is 3.96. The molecule has 3 nitrogen and oxygen atoms in total. The molecule has 0 fully saturated rings. The minimum absolute atomic E-state index is 0.104. The molecule has 1 aromatic carbocycles. The molecule has 0 atom stereocenters. The number of hydrogen-bond donors (Lipinski definition) is 1. The van der Waals surface area contributed by atoms with Crippen molar-refractivity contribution in [3.8, 4) is 0 Å². The van der Waals surface area contributed by atoms with Crippen LogP contribution in [0, 0.1) is 0 Å². The van der Waals surface area contributed by atoms with Gasteiger partial charge < -0.3 is 4.98 Å². The van der Waals surface area contributed by atoms with E-state index < -0.39 is 11.7 Å². The van der Waals surface area contributed by atoms with Crippen LogP contribution in [0.15, 0.2) is 22.8 Å². The maximum atomic E-state index is 12.3. The predicted octanol–water partition coefficient (Wildman–Crippen LogP) is 1.88. The molecule has 0 aromatic heterocycles. The van der Waals surface area contributed by atoms with E-state index in [2.05, 4.69) is 9.62 Å². The Balaban J connectivity index is 2.53. The van der Waals surface area contributed by atoms with Gasteiger partial charge >= 0.3 is 6.18 Å². The zero-order chi connectivity index (χ0) is 11.1. The number of fused-ring (bicyclic) bond motifs is 1. The van der Waals surface area contributed by atoms with Crippen LogP contribution in [0.3, 0.4) is 0 Å². The van der Waals surface area contributed by atoms with Gasteiger partial charge in [0.15, 0.2) is 0 Å². The number of hydrogen-bond acceptors (Lipinski definition) is 2. The van der Waals surface area contributed by atoms with Gasteiger partial charge in [-0.15, -0.1) is 0 Å². The molecule has 1 aromatic rings. The summed E-state index contributed by atoms with van der Waals surface area (Å²) in [6, 6.07) is 2.91. The van der Waals surface area contributed by atoms with E-state index in [4.69, 9.17) is 0 Å². The molecule has 77 valence electrons. The number of carbonyl (C=O) groups is 1. The molecule has 15 heavy (non-hydrogen) atoms. The van der Waals surface area contributed by atoms with Crippen molar-refractivity contribution in [3.05, 3.63) is 29.3 Å². The molecule has 0 saturated heterocycles.